The number of alkyl halides is 6. The van der Waals surface area contributed by atoms with Gasteiger partial charge in [0.05, 0.1) is 39.3 Å². The zero-order valence-electron chi connectivity index (χ0n) is 37.2. The van der Waals surface area contributed by atoms with Crippen molar-refractivity contribution >= 4 is 29.0 Å². The summed E-state index contributed by atoms with van der Waals surface area (Å²) < 4.78 is 122. The molecule has 17 nitrogen and oxygen atoms in total. The highest BCUT2D eigenvalue weighted by Crippen LogP contribution is 2.29. The van der Waals surface area contributed by atoms with Crippen LogP contribution in [0.4, 0.5) is 52.4 Å². The molecule has 2 aromatic heterocycles. The molecule has 0 saturated carbocycles. The summed E-state index contributed by atoms with van der Waals surface area (Å²) in [6.45, 7) is 0.156. The van der Waals surface area contributed by atoms with Crippen molar-refractivity contribution in [1.29, 1.82) is 0 Å². The fourth-order valence-corrected chi connectivity index (χ4v) is 6.67. The second-order valence-electron chi connectivity index (χ2n) is 15.0. The molecule has 0 atom stereocenters. The molecular formula is C45H41F8N7O10. The number of ether oxygens (including phenoxy) is 4. The average molecular weight is 992 g/mol. The molecule has 4 aromatic carbocycles. The number of aliphatic imine (C=N–C) groups is 1. The van der Waals surface area contributed by atoms with Crippen molar-refractivity contribution in [3.05, 3.63) is 166 Å². The molecule has 3 heterocycles. The van der Waals surface area contributed by atoms with E-state index in [4.69, 9.17) is 26.0 Å². The van der Waals surface area contributed by atoms with Crippen LogP contribution in [0.2, 0.25) is 0 Å². The molecule has 0 bridgehead atoms. The number of carbonyl (C=O) groups is 1. The Hall–Kier alpha value is -8.38. The molecule has 25 heteroatoms. The van der Waals surface area contributed by atoms with Crippen molar-refractivity contribution in [3.63, 3.8) is 0 Å². The summed E-state index contributed by atoms with van der Waals surface area (Å²) in [7, 11) is 6.03. The zero-order valence-corrected chi connectivity index (χ0v) is 37.2. The Morgan fingerprint density at radius 2 is 1.09 bits per heavy atom. The highest BCUT2D eigenvalue weighted by atomic mass is 19.4. The van der Waals surface area contributed by atoms with Gasteiger partial charge in [-0.2, -0.15) is 0 Å². The van der Waals surface area contributed by atoms with Crippen LogP contribution in [0.25, 0.3) is 0 Å². The van der Waals surface area contributed by atoms with Gasteiger partial charge in [-0.05, 0) is 77.4 Å². The zero-order chi connectivity index (χ0) is 51.8. The SMILES string of the molecule is COc1ccc(Cn2c(=O)c(N)c(N)n(C)c2=O)cc1.COc1ccc(Cn2c(=O)c3c(n(C)c2=O)N=C(Cc2cc(OC(F)(F)F)ccc2F)C3)cc1.O=C(O)Cc1cc(OC(F)(F)F)ccc1F. The fourth-order valence-electron chi connectivity index (χ4n) is 6.67. The number of rotatable bonds is 12. The van der Waals surface area contributed by atoms with Gasteiger partial charge in [0, 0.05) is 38.2 Å². The molecule has 0 spiro atoms. The standard InChI is InChI=1S/C23H19F4N3O4.C13H16N4O3.C9H6F4O3/c1-29-20-18(21(31)30(22(29)32)12-13-3-5-16(33-2)6-4-13)11-15(28-20)9-14-10-17(7-8-19(14)24)34-23(25,26)27;1-16-11(15)10(14)12(18)17(13(16)19)7-8-3-5-9(20-2)6-4-8;10-7-2-1-6(16-9(11,12)13)3-5(7)4-8(14)15/h3-8,10H,9,11-12H2,1-2H3;3-6H,7,14-15H2,1-2H3;1-3H,4H2,(H,14,15). The van der Waals surface area contributed by atoms with Gasteiger partial charge in [0.25, 0.3) is 11.1 Å². The van der Waals surface area contributed by atoms with E-state index in [2.05, 4.69) is 14.5 Å². The van der Waals surface area contributed by atoms with Gasteiger partial charge >= 0.3 is 30.1 Å². The van der Waals surface area contributed by atoms with E-state index in [1.807, 2.05) is 0 Å². The lowest BCUT2D eigenvalue weighted by atomic mass is 10.0. The number of nitrogens with two attached hydrogens (primary N) is 2. The molecule has 0 fully saturated rings. The number of halogens is 8. The van der Waals surface area contributed by atoms with E-state index in [0.717, 1.165) is 49.6 Å². The maximum atomic E-state index is 14.2. The molecule has 70 heavy (non-hydrogen) atoms. The van der Waals surface area contributed by atoms with Crippen LogP contribution in [0.15, 0.2) is 109 Å². The number of carboxylic acid groups (broad SMARTS) is 1. The van der Waals surface area contributed by atoms with Crippen LogP contribution >= 0.6 is 0 Å². The smallest absolute Gasteiger partial charge is 0.497 e. The number of aliphatic carboxylic acids is 1. The minimum Gasteiger partial charge on any atom is -0.497 e. The van der Waals surface area contributed by atoms with E-state index in [9.17, 15) is 59.1 Å². The number of anilines is 2. The van der Waals surface area contributed by atoms with Crippen molar-refractivity contribution in [1.82, 2.24) is 18.3 Å². The van der Waals surface area contributed by atoms with Crippen LogP contribution in [-0.2, 0) is 51.2 Å². The number of methoxy groups -OCH3 is 2. The van der Waals surface area contributed by atoms with Crippen LogP contribution in [0.3, 0.4) is 0 Å². The number of hydrogen-bond acceptors (Lipinski definition) is 12. The molecule has 372 valence electrons. The van der Waals surface area contributed by atoms with E-state index < -0.39 is 70.7 Å². The topological polar surface area (TPSA) is 227 Å². The van der Waals surface area contributed by atoms with Crippen molar-refractivity contribution in [2.75, 3.05) is 25.7 Å². The summed E-state index contributed by atoms with van der Waals surface area (Å²) in [5.41, 5.74) is 10.6. The third kappa shape index (κ3) is 13.4. The van der Waals surface area contributed by atoms with Gasteiger partial charge in [-0.1, -0.05) is 24.3 Å². The monoisotopic (exact) mass is 991 g/mol. The predicted octanol–water partition coefficient (Wildman–Crippen LogP) is 5.63. The number of fused-ring (bicyclic) bond motifs is 1. The molecule has 1 aliphatic heterocycles. The Kier molecular flexibility index (Phi) is 16.3. The van der Waals surface area contributed by atoms with Crippen molar-refractivity contribution < 1.29 is 64.0 Å². The highest BCUT2D eigenvalue weighted by molar-refractivity contribution is 5.94. The van der Waals surface area contributed by atoms with E-state index in [1.54, 1.807) is 55.6 Å². The molecule has 0 saturated heterocycles. The Labute approximate surface area is 389 Å². The maximum absolute atomic E-state index is 14.2. The minimum atomic E-state index is -4.91. The lowest BCUT2D eigenvalue weighted by molar-refractivity contribution is -0.275. The minimum absolute atomic E-state index is 0.0222. The molecule has 6 aromatic rings. The number of carboxylic acids is 1. The van der Waals surface area contributed by atoms with Crippen LogP contribution < -0.4 is 52.9 Å². The molecular weight excluding hydrogens is 951 g/mol. The van der Waals surface area contributed by atoms with Crippen molar-refractivity contribution in [2.24, 2.45) is 19.1 Å². The molecule has 1 aliphatic rings. The normalized spacial score (nSPS) is 11.9. The van der Waals surface area contributed by atoms with E-state index in [1.165, 1.54) is 25.8 Å². The van der Waals surface area contributed by atoms with Crippen LogP contribution in [-0.4, -0.2) is 62.0 Å². The van der Waals surface area contributed by atoms with Gasteiger partial charge in [0.2, 0.25) is 0 Å². The van der Waals surface area contributed by atoms with Gasteiger partial charge in [-0.25, -0.2) is 23.4 Å². The summed E-state index contributed by atoms with van der Waals surface area (Å²) in [5.74, 6) is -2.72. The average Bonchev–Trinajstić information content (AvgIpc) is 3.73. The Morgan fingerprint density at radius 1 is 0.657 bits per heavy atom. The Morgan fingerprint density at radius 3 is 1.54 bits per heavy atom. The lowest BCUT2D eigenvalue weighted by Gasteiger charge is -2.11. The van der Waals surface area contributed by atoms with E-state index in [-0.39, 0.29) is 59.9 Å². The Balaban J connectivity index is 0.000000215. The fraction of sp³-hybridized carbons (Fsp3) is 0.244. The molecule has 7 rings (SSSR count). The summed E-state index contributed by atoms with van der Waals surface area (Å²) in [6, 6.07) is 18.8. The second kappa shape index (κ2) is 21.7. The van der Waals surface area contributed by atoms with Crippen LogP contribution in [0.1, 0.15) is 27.8 Å². The van der Waals surface area contributed by atoms with Gasteiger partial charge in [-0.3, -0.25) is 32.7 Å². The summed E-state index contributed by atoms with van der Waals surface area (Å²) in [6.07, 6.45) is -10.6. The summed E-state index contributed by atoms with van der Waals surface area (Å²) in [5, 5.41) is 8.39. The lowest BCUT2D eigenvalue weighted by Crippen LogP contribution is -2.41. The third-order valence-corrected chi connectivity index (χ3v) is 10.1. The largest absolute Gasteiger partial charge is 0.573 e. The van der Waals surface area contributed by atoms with Gasteiger partial charge in [0.15, 0.2) is 0 Å². The van der Waals surface area contributed by atoms with Crippen molar-refractivity contribution in [3.8, 4) is 23.0 Å². The first kappa shape index (κ1) is 52.6. The number of aromatic nitrogens is 4. The maximum Gasteiger partial charge on any atom is 0.573 e. The Bertz CT molecular complexity index is 3130. The molecule has 0 radical (unpaired) electrons. The van der Waals surface area contributed by atoms with E-state index >= 15 is 0 Å². The van der Waals surface area contributed by atoms with Gasteiger partial charge in [-0.15, -0.1) is 26.3 Å². The highest BCUT2D eigenvalue weighted by Gasteiger charge is 2.32. The third-order valence-electron chi connectivity index (χ3n) is 10.1. The second-order valence-corrected chi connectivity index (χ2v) is 15.0. The molecule has 0 unspecified atom stereocenters. The van der Waals surface area contributed by atoms with Crippen LogP contribution in [0, 0.1) is 11.6 Å². The van der Waals surface area contributed by atoms with Crippen LogP contribution in [0.5, 0.6) is 23.0 Å². The quantitative estimate of drug-likeness (QED) is 0.127. The number of hydrogen-bond donors (Lipinski definition) is 3. The summed E-state index contributed by atoms with van der Waals surface area (Å²) >= 11 is 0. The number of nitrogens with zero attached hydrogens (tertiary/aromatic N) is 5. The molecule has 0 aliphatic carbocycles. The first-order chi connectivity index (χ1) is 32.8. The van der Waals surface area contributed by atoms with Crippen molar-refractivity contribution in [2.45, 2.75) is 45.1 Å². The summed E-state index contributed by atoms with van der Waals surface area (Å²) in [4.78, 5) is 64.5. The molecule has 5 N–H and O–H groups in total. The number of nitrogen functional groups attached to an aromatic ring is 2. The van der Waals surface area contributed by atoms with Gasteiger partial charge in [0.1, 0.15) is 52.0 Å². The molecule has 0 amide bonds. The predicted molar refractivity (Wildman–Crippen MR) is 237 cm³/mol. The first-order valence-electron chi connectivity index (χ1n) is 20.1. The first-order valence-corrected chi connectivity index (χ1v) is 20.1. The number of benzene rings is 4. The van der Waals surface area contributed by atoms with Gasteiger partial charge < -0.3 is 35.5 Å². The van der Waals surface area contributed by atoms with E-state index in [0.29, 0.717) is 28.8 Å².